The van der Waals surface area contributed by atoms with Gasteiger partial charge in [0.25, 0.3) is 0 Å². The Bertz CT molecular complexity index is 652. The number of nitrogens with zero attached hydrogens (tertiary/aromatic N) is 1. The second-order valence-corrected chi connectivity index (χ2v) is 4.73. The zero-order valence-electron chi connectivity index (χ0n) is 9.86. The van der Waals surface area contributed by atoms with Gasteiger partial charge < -0.3 is 10.5 Å². The number of rotatable bonds is 3. The van der Waals surface area contributed by atoms with Crippen LogP contribution < -0.4 is 10.5 Å². The fraction of sp³-hybridized carbons (Fsp3) is 0.0714. The van der Waals surface area contributed by atoms with Crippen LogP contribution in [0.2, 0.25) is 0 Å². The number of halogens is 2. The molecule has 0 aromatic heterocycles. The van der Waals surface area contributed by atoms with Crippen molar-refractivity contribution < 1.29 is 9.13 Å². The normalized spacial score (nSPS) is 9.95. The molecular formula is C14H10BrFN2O. The number of nitrogens with two attached hydrogens (primary N) is 1. The molecule has 0 bridgehead atoms. The molecule has 0 aliphatic carbocycles. The number of hydrogen-bond acceptors (Lipinski definition) is 3. The Morgan fingerprint density at radius 1 is 1.21 bits per heavy atom. The lowest BCUT2D eigenvalue weighted by Gasteiger charge is -2.09. The zero-order chi connectivity index (χ0) is 13.8. The molecule has 2 aromatic rings. The van der Waals surface area contributed by atoms with Crippen LogP contribution in [-0.4, -0.2) is 0 Å². The minimum atomic E-state index is -0.352. The number of ether oxygens (including phenoxy) is 1. The van der Waals surface area contributed by atoms with Gasteiger partial charge in [0, 0.05) is 5.69 Å². The van der Waals surface area contributed by atoms with Crippen molar-refractivity contribution in [2.45, 2.75) is 6.42 Å². The fourth-order valence-corrected chi connectivity index (χ4v) is 1.92. The number of nitriles is 1. The molecule has 0 aliphatic heterocycles. The molecule has 0 saturated heterocycles. The maximum Gasteiger partial charge on any atom is 0.137 e. The molecule has 0 heterocycles. The number of hydrogen-bond donors (Lipinski definition) is 1. The SMILES string of the molecule is N#CCc1cc(Oc2ccc(F)c(Br)c2)ccc1N. The monoisotopic (exact) mass is 320 g/mol. The van der Waals surface area contributed by atoms with Crippen LogP contribution in [0.15, 0.2) is 40.9 Å². The van der Waals surface area contributed by atoms with E-state index >= 15 is 0 Å². The summed E-state index contributed by atoms with van der Waals surface area (Å²) in [4.78, 5) is 0. The van der Waals surface area contributed by atoms with Gasteiger partial charge in [-0.3, -0.25) is 0 Å². The molecule has 2 rings (SSSR count). The maximum atomic E-state index is 13.1. The lowest BCUT2D eigenvalue weighted by Crippen LogP contribution is -1.94. The first-order valence-corrected chi connectivity index (χ1v) is 6.27. The van der Waals surface area contributed by atoms with Gasteiger partial charge in [-0.15, -0.1) is 0 Å². The van der Waals surface area contributed by atoms with E-state index in [1.54, 1.807) is 18.2 Å². The fourth-order valence-electron chi connectivity index (χ4n) is 1.56. The van der Waals surface area contributed by atoms with E-state index in [1.165, 1.54) is 18.2 Å². The average Bonchev–Trinajstić information content (AvgIpc) is 2.38. The molecule has 5 heteroatoms. The highest BCUT2D eigenvalue weighted by molar-refractivity contribution is 9.10. The highest BCUT2D eigenvalue weighted by atomic mass is 79.9. The summed E-state index contributed by atoms with van der Waals surface area (Å²) >= 11 is 3.09. The second-order valence-electron chi connectivity index (χ2n) is 3.87. The Balaban J connectivity index is 2.25. The minimum Gasteiger partial charge on any atom is -0.457 e. The van der Waals surface area contributed by atoms with Gasteiger partial charge in [0.2, 0.25) is 0 Å². The summed E-state index contributed by atoms with van der Waals surface area (Å²) in [5, 5.41) is 8.70. The quantitative estimate of drug-likeness (QED) is 0.868. The molecule has 0 unspecified atom stereocenters. The van der Waals surface area contributed by atoms with Crippen molar-refractivity contribution in [2.75, 3.05) is 5.73 Å². The summed E-state index contributed by atoms with van der Waals surface area (Å²) < 4.78 is 19.0. The summed E-state index contributed by atoms with van der Waals surface area (Å²) in [7, 11) is 0. The van der Waals surface area contributed by atoms with Gasteiger partial charge in [-0.1, -0.05) is 0 Å². The Morgan fingerprint density at radius 2 is 1.89 bits per heavy atom. The predicted octanol–water partition coefficient (Wildman–Crippen LogP) is 4.03. The standard InChI is InChI=1S/C14H10BrFN2O/c15-12-8-11(1-3-13(12)16)19-10-2-4-14(18)9(7-10)5-6-17/h1-4,7-8H,5,18H2. The maximum absolute atomic E-state index is 13.1. The summed E-state index contributed by atoms with van der Waals surface area (Å²) in [5.41, 5.74) is 7.01. The molecule has 2 N–H and O–H groups in total. The van der Waals surface area contributed by atoms with Crippen molar-refractivity contribution in [3.05, 3.63) is 52.3 Å². The van der Waals surface area contributed by atoms with Crippen molar-refractivity contribution in [2.24, 2.45) is 0 Å². The zero-order valence-corrected chi connectivity index (χ0v) is 11.4. The van der Waals surface area contributed by atoms with Crippen LogP contribution in [0.5, 0.6) is 11.5 Å². The van der Waals surface area contributed by atoms with Crippen molar-refractivity contribution in [3.63, 3.8) is 0 Å². The van der Waals surface area contributed by atoms with Crippen LogP contribution in [-0.2, 0) is 6.42 Å². The Hall–Kier alpha value is -2.06. The van der Waals surface area contributed by atoms with E-state index in [-0.39, 0.29) is 12.2 Å². The van der Waals surface area contributed by atoms with E-state index in [1.807, 2.05) is 6.07 Å². The van der Waals surface area contributed by atoms with Gasteiger partial charge in [0.1, 0.15) is 17.3 Å². The van der Waals surface area contributed by atoms with E-state index in [4.69, 9.17) is 15.7 Å². The number of nitrogen functional groups attached to an aromatic ring is 1. The molecule has 0 spiro atoms. The summed E-state index contributed by atoms with van der Waals surface area (Å²) in [6, 6.07) is 11.5. The Labute approximate surface area is 118 Å². The summed E-state index contributed by atoms with van der Waals surface area (Å²) in [6.45, 7) is 0. The van der Waals surface area contributed by atoms with Crippen molar-refractivity contribution in [1.29, 1.82) is 5.26 Å². The molecule has 0 aliphatic rings. The van der Waals surface area contributed by atoms with Crippen LogP contribution in [0, 0.1) is 17.1 Å². The minimum absolute atomic E-state index is 0.218. The van der Waals surface area contributed by atoms with E-state index in [0.29, 0.717) is 27.2 Å². The first-order chi connectivity index (χ1) is 9.10. The highest BCUT2D eigenvalue weighted by Crippen LogP contribution is 2.28. The van der Waals surface area contributed by atoms with Crippen LogP contribution in [0.4, 0.5) is 10.1 Å². The summed E-state index contributed by atoms with van der Waals surface area (Å²) in [5.74, 6) is 0.703. The molecule has 0 fully saturated rings. The first kappa shape index (κ1) is 13.4. The topological polar surface area (TPSA) is 59.0 Å². The van der Waals surface area contributed by atoms with Crippen molar-refractivity contribution in [3.8, 4) is 17.6 Å². The van der Waals surface area contributed by atoms with Gasteiger partial charge in [-0.05, 0) is 57.9 Å². The lowest BCUT2D eigenvalue weighted by molar-refractivity contribution is 0.479. The lowest BCUT2D eigenvalue weighted by atomic mass is 10.1. The first-order valence-electron chi connectivity index (χ1n) is 5.48. The third kappa shape index (κ3) is 3.24. The van der Waals surface area contributed by atoms with Crippen molar-refractivity contribution in [1.82, 2.24) is 0 Å². The van der Waals surface area contributed by atoms with Gasteiger partial charge in [-0.25, -0.2) is 4.39 Å². The third-order valence-corrected chi connectivity index (χ3v) is 3.12. The van der Waals surface area contributed by atoms with Gasteiger partial charge in [0.15, 0.2) is 0 Å². The molecule has 0 saturated carbocycles. The molecule has 19 heavy (non-hydrogen) atoms. The predicted molar refractivity (Wildman–Crippen MR) is 74.3 cm³/mol. The van der Waals surface area contributed by atoms with Gasteiger partial charge in [-0.2, -0.15) is 5.26 Å². The summed E-state index contributed by atoms with van der Waals surface area (Å²) in [6.07, 6.45) is 0.218. The van der Waals surface area contributed by atoms with E-state index < -0.39 is 0 Å². The highest BCUT2D eigenvalue weighted by Gasteiger charge is 2.05. The average molecular weight is 321 g/mol. The molecular weight excluding hydrogens is 311 g/mol. The van der Waals surface area contributed by atoms with E-state index in [2.05, 4.69) is 15.9 Å². The smallest absolute Gasteiger partial charge is 0.137 e. The molecule has 0 atom stereocenters. The van der Waals surface area contributed by atoms with Crippen LogP contribution in [0.1, 0.15) is 5.56 Å². The molecule has 0 amide bonds. The Morgan fingerprint density at radius 3 is 2.58 bits per heavy atom. The largest absolute Gasteiger partial charge is 0.457 e. The van der Waals surface area contributed by atoms with Crippen LogP contribution in [0.3, 0.4) is 0 Å². The second kappa shape index (κ2) is 5.72. The molecule has 0 radical (unpaired) electrons. The van der Waals surface area contributed by atoms with Gasteiger partial charge >= 0.3 is 0 Å². The molecule has 3 nitrogen and oxygen atoms in total. The van der Waals surface area contributed by atoms with E-state index in [0.717, 1.165) is 0 Å². The van der Waals surface area contributed by atoms with Gasteiger partial charge in [0.05, 0.1) is 17.0 Å². The number of benzene rings is 2. The van der Waals surface area contributed by atoms with E-state index in [9.17, 15) is 4.39 Å². The van der Waals surface area contributed by atoms with Crippen LogP contribution >= 0.6 is 15.9 Å². The van der Waals surface area contributed by atoms with Crippen LogP contribution in [0.25, 0.3) is 0 Å². The Kier molecular flexibility index (Phi) is 4.03. The molecule has 96 valence electrons. The third-order valence-electron chi connectivity index (χ3n) is 2.51. The van der Waals surface area contributed by atoms with Crippen molar-refractivity contribution >= 4 is 21.6 Å². The molecule has 2 aromatic carbocycles. The number of anilines is 1.